The first-order chi connectivity index (χ1) is 15.9. The average Bonchev–Trinajstić information content (AvgIpc) is 2.83. The van der Waals surface area contributed by atoms with Crippen LogP contribution in [0, 0.1) is 0 Å². The fourth-order valence-electron chi connectivity index (χ4n) is 3.33. The molecule has 1 unspecified atom stereocenters. The van der Waals surface area contributed by atoms with Gasteiger partial charge in [0.2, 0.25) is 11.8 Å². The lowest BCUT2D eigenvalue weighted by Gasteiger charge is -2.29. The van der Waals surface area contributed by atoms with Crippen LogP contribution in [-0.4, -0.2) is 29.9 Å². The standard InChI is InChI=1S/C26H26Cl2N2O3/c1-18(26(32)29-16-20-7-13-24(33-2)14-8-20)30(17-21-5-11-23(28)12-6-21)25(31)15-19-3-9-22(27)10-4-19/h3-14,18H,15-17H2,1-2H3,(H,29,32). The Hall–Kier alpha value is -3.02. The molecule has 3 aromatic carbocycles. The second-order valence-electron chi connectivity index (χ2n) is 7.69. The van der Waals surface area contributed by atoms with Crippen molar-refractivity contribution in [2.24, 2.45) is 0 Å². The molecule has 0 saturated heterocycles. The molecule has 1 atom stereocenters. The van der Waals surface area contributed by atoms with Gasteiger partial charge in [0.1, 0.15) is 11.8 Å². The number of amides is 2. The van der Waals surface area contributed by atoms with Crippen LogP contribution < -0.4 is 10.1 Å². The maximum Gasteiger partial charge on any atom is 0.242 e. The SMILES string of the molecule is COc1ccc(CNC(=O)C(C)N(Cc2ccc(Cl)cc2)C(=O)Cc2ccc(Cl)cc2)cc1. The Kier molecular flexibility index (Phi) is 8.75. The first kappa shape index (κ1) is 24.6. The zero-order chi connectivity index (χ0) is 23.8. The number of hydrogen-bond acceptors (Lipinski definition) is 3. The summed E-state index contributed by atoms with van der Waals surface area (Å²) in [7, 11) is 1.61. The first-order valence-electron chi connectivity index (χ1n) is 10.5. The van der Waals surface area contributed by atoms with Crippen molar-refractivity contribution < 1.29 is 14.3 Å². The number of nitrogens with one attached hydrogen (secondary N) is 1. The predicted molar refractivity (Wildman–Crippen MR) is 131 cm³/mol. The summed E-state index contributed by atoms with van der Waals surface area (Å²) in [5.74, 6) is 0.365. The van der Waals surface area contributed by atoms with Crippen LogP contribution in [0.4, 0.5) is 0 Å². The Morgan fingerprint density at radius 3 is 1.91 bits per heavy atom. The largest absolute Gasteiger partial charge is 0.497 e. The van der Waals surface area contributed by atoms with E-state index in [0.29, 0.717) is 23.1 Å². The molecule has 7 heteroatoms. The zero-order valence-corrected chi connectivity index (χ0v) is 20.1. The second kappa shape index (κ2) is 11.7. The Balaban J connectivity index is 1.72. The van der Waals surface area contributed by atoms with Gasteiger partial charge in [-0.2, -0.15) is 0 Å². The van der Waals surface area contributed by atoms with Crippen molar-refractivity contribution in [2.75, 3.05) is 7.11 Å². The number of nitrogens with zero attached hydrogens (tertiary/aromatic N) is 1. The molecule has 0 heterocycles. The second-order valence-corrected chi connectivity index (χ2v) is 8.57. The molecular formula is C26H26Cl2N2O3. The van der Waals surface area contributed by atoms with Crippen molar-refractivity contribution in [3.05, 3.63) is 99.5 Å². The van der Waals surface area contributed by atoms with Crippen LogP contribution in [-0.2, 0) is 29.1 Å². The van der Waals surface area contributed by atoms with Crippen molar-refractivity contribution in [1.82, 2.24) is 10.2 Å². The number of hydrogen-bond donors (Lipinski definition) is 1. The minimum Gasteiger partial charge on any atom is -0.497 e. The highest BCUT2D eigenvalue weighted by Crippen LogP contribution is 2.17. The molecule has 0 radical (unpaired) electrons. The molecule has 2 amide bonds. The number of ether oxygens (including phenoxy) is 1. The molecule has 0 aliphatic rings. The summed E-state index contributed by atoms with van der Waals surface area (Å²) in [6.07, 6.45) is 0.168. The number of methoxy groups -OCH3 is 1. The van der Waals surface area contributed by atoms with Crippen molar-refractivity contribution >= 4 is 35.0 Å². The molecule has 0 spiro atoms. The van der Waals surface area contributed by atoms with Gasteiger partial charge < -0.3 is 15.0 Å². The highest BCUT2D eigenvalue weighted by atomic mass is 35.5. The normalized spacial score (nSPS) is 11.5. The molecule has 0 bridgehead atoms. The van der Waals surface area contributed by atoms with Gasteiger partial charge in [0.15, 0.2) is 0 Å². The van der Waals surface area contributed by atoms with Gasteiger partial charge in [-0.15, -0.1) is 0 Å². The van der Waals surface area contributed by atoms with E-state index in [-0.39, 0.29) is 18.2 Å². The quantitative estimate of drug-likeness (QED) is 0.449. The van der Waals surface area contributed by atoms with E-state index in [2.05, 4.69) is 5.32 Å². The van der Waals surface area contributed by atoms with E-state index >= 15 is 0 Å². The maximum absolute atomic E-state index is 13.2. The molecule has 5 nitrogen and oxygen atoms in total. The van der Waals surface area contributed by atoms with E-state index in [9.17, 15) is 9.59 Å². The maximum atomic E-state index is 13.2. The van der Waals surface area contributed by atoms with Crippen molar-refractivity contribution in [2.45, 2.75) is 32.5 Å². The fourth-order valence-corrected chi connectivity index (χ4v) is 3.58. The summed E-state index contributed by atoms with van der Waals surface area (Å²) in [5, 5.41) is 4.15. The number of carbonyl (C=O) groups is 2. The summed E-state index contributed by atoms with van der Waals surface area (Å²) >= 11 is 12.0. The number of carbonyl (C=O) groups excluding carboxylic acids is 2. The van der Waals surface area contributed by atoms with Crippen molar-refractivity contribution in [3.63, 3.8) is 0 Å². The van der Waals surface area contributed by atoms with Crippen molar-refractivity contribution in [1.29, 1.82) is 0 Å². The van der Waals surface area contributed by atoms with Crippen LogP contribution in [0.15, 0.2) is 72.8 Å². The highest BCUT2D eigenvalue weighted by Gasteiger charge is 2.26. The van der Waals surface area contributed by atoms with Crippen LogP contribution in [0.2, 0.25) is 10.0 Å². The van der Waals surface area contributed by atoms with E-state index in [0.717, 1.165) is 22.4 Å². The monoisotopic (exact) mass is 484 g/mol. The Morgan fingerprint density at radius 1 is 0.848 bits per heavy atom. The molecule has 1 N–H and O–H groups in total. The molecule has 0 fully saturated rings. The van der Waals surface area contributed by atoms with Crippen LogP contribution in [0.5, 0.6) is 5.75 Å². The van der Waals surface area contributed by atoms with Crippen LogP contribution >= 0.6 is 23.2 Å². The minimum absolute atomic E-state index is 0.153. The zero-order valence-electron chi connectivity index (χ0n) is 18.6. The topological polar surface area (TPSA) is 58.6 Å². The third-order valence-corrected chi connectivity index (χ3v) is 5.83. The average molecular weight is 485 g/mol. The van der Waals surface area contributed by atoms with Crippen LogP contribution in [0.3, 0.4) is 0 Å². The lowest BCUT2D eigenvalue weighted by Crippen LogP contribution is -2.47. The van der Waals surface area contributed by atoms with Gasteiger partial charge >= 0.3 is 0 Å². The van der Waals surface area contributed by atoms with Gasteiger partial charge in [-0.3, -0.25) is 9.59 Å². The van der Waals surface area contributed by atoms with E-state index in [1.807, 2.05) is 48.5 Å². The predicted octanol–water partition coefficient (Wildman–Crippen LogP) is 5.28. The lowest BCUT2D eigenvalue weighted by atomic mass is 10.1. The lowest BCUT2D eigenvalue weighted by molar-refractivity contribution is -0.140. The van der Waals surface area contributed by atoms with Crippen LogP contribution in [0.1, 0.15) is 23.6 Å². The molecule has 3 aromatic rings. The summed E-state index contributed by atoms with van der Waals surface area (Å²) in [5.41, 5.74) is 2.66. The molecule has 0 saturated carbocycles. The number of benzene rings is 3. The number of rotatable bonds is 9. The Bertz CT molecular complexity index is 1070. The van der Waals surface area contributed by atoms with Gasteiger partial charge in [-0.05, 0) is 60.0 Å². The fraction of sp³-hybridized carbons (Fsp3) is 0.231. The molecule has 0 aromatic heterocycles. The Morgan fingerprint density at radius 2 is 1.36 bits per heavy atom. The third-order valence-electron chi connectivity index (χ3n) is 5.33. The van der Waals surface area contributed by atoms with Gasteiger partial charge in [-0.1, -0.05) is 59.6 Å². The summed E-state index contributed by atoms with van der Waals surface area (Å²) < 4.78 is 5.16. The smallest absolute Gasteiger partial charge is 0.242 e. The van der Waals surface area contributed by atoms with Gasteiger partial charge in [0.25, 0.3) is 0 Å². The summed E-state index contributed by atoms with van der Waals surface area (Å²) in [6.45, 7) is 2.38. The number of halogens is 2. The van der Waals surface area contributed by atoms with Gasteiger partial charge in [0, 0.05) is 23.1 Å². The summed E-state index contributed by atoms with van der Waals surface area (Å²) in [6, 6.07) is 21.2. The molecular weight excluding hydrogens is 459 g/mol. The highest BCUT2D eigenvalue weighted by molar-refractivity contribution is 6.30. The third kappa shape index (κ3) is 7.24. The minimum atomic E-state index is -0.668. The van der Waals surface area contributed by atoms with Gasteiger partial charge in [-0.25, -0.2) is 0 Å². The Labute approximate surface area is 204 Å². The first-order valence-corrected chi connectivity index (χ1v) is 11.3. The van der Waals surface area contributed by atoms with E-state index in [1.54, 1.807) is 43.2 Å². The van der Waals surface area contributed by atoms with Crippen LogP contribution in [0.25, 0.3) is 0 Å². The molecule has 33 heavy (non-hydrogen) atoms. The molecule has 172 valence electrons. The molecule has 3 rings (SSSR count). The molecule has 0 aliphatic heterocycles. The van der Waals surface area contributed by atoms with Gasteiger partial charge in [0.05, 0.1) is 13.5 Å². The van der Waals surface area contributed by atoms with E-state index in [1.165, 1.54) is 0 Å². The molecule has 0 aliphatic carbocycles. The summed E-state index contributed by atoms with van der Waals surface area (Å²) in [4.78, 5) is 27.8. The van der Waals surface area contributed by atoms with E-state index < -0.39 is 6.04 Å². The van der Waals surface area contributed by atoms with Crippen molar-refractivity contribution in [3.8, 4) is 5.75 Å². The van der Waals surface area contributed by atoms with E-state index in [4.69, 9.17) is 27.9 Å².